The second-order valence-electron chi connectivity index (χ2n) is 5.94. The van der Waals surface area contributed by atoms with Crippen molar-refractivity contribution in [3.05, 3.63) is 41.0 Å². The highest BCUT2D eigenvalue weighted by atomic mass is 16.5. The van der Waals surface area contributed by atoms with Gasteiger partial charge in [-0.1, -0.05) is 49.8 Å². The number of aliphatic hydroxyl groups excluding tert-OH is 1. The quantitative estimate of drug-likeness (QED) is 0.714. The number of esters is 1. The van der Waals surface area contributed by atoms with Gasteiger partial charge >= 0.3 is 11.9 Å². The minimum atomic E-state index is -1.00. The molecule has 0 fully saturated rings. The third kappa shape index (κ3) is 5.20. The fourth-order valence-corrected chi connectivity index (χ4v) is 2.62. The average molecular weight is 334 g/mol. The molecule has 0 heterocycles. The number of aliphatic carboxylic acids is 1. The molecule has 0 amide bonds. The zero-order valence-electron chi connectivity index (χ0n) is 14.7. The van der Waals surface area contributed by atoms with Crippen molar-refractivity contribution >= 4 is 18.0 Å². The lowest BCUT2D eigenvalue weighted by Gasteiger charge is -2.28. The molecular weight excluding hydrogens is 308 g/mol. The number of aliphatic hydroxyl groups is 1. The van der Waals surface area contributed by atoms with Crippen LogP contribution in [0.2, 0.25) is 0 Å². The molecule has 0 aliphatic rings. The Morgan fingerprint density at radius 1 is 1.29 bits per heavy atom. The molecule has 3 atom stereocenters. The van der Waals surface area contributed by atoms with Crippen LogP contribution in [0.5, 0.6) is 0 Å². The van der Waals surface area contributed by atoms with Gasteiger partial charge in [0.25, 0.3) is 0 Å². The number of aryl methyl sites for hydroxylation is 1. The summed E-state index contributed by atoms with van der Waals surface area (Å²) < 4.78 is 5.44. The van der Waals surface area contributed by atoms with Gasteiger partial charge in [-0.3, -0.25) is 9.59 Å². The number of carboxylic acids is 1. The highest BCUT2D eigenvalue weighted by Crippen LogP contribution is 2.31. The van der Waals surface area contributed by atoms with Crippen LogP contribution in [0.1, 0.15) is 49.8 Å². The molecule has 24 heavy (non-hydrogen) atoms. The number of ether oxygens (including phenoxy) is 1. The molecule has 5 heteroatoms. The molecule has 0 spiro atoms. The zero-order chi connectivity index (χ0) is 18.3. The molecule has 1 aromatic carbocycles. The van der Waals surface area contributed by atoms with Crippen molar-refractivity contribution in [1.82, 2.24) is 0 Å². The number of rotatable bonds is 8. The second kappa shape index (κ2) is 9.23. The van der Waals surface area contributed by atoms with E-state index in [2.05, 4.69) is 0 Å². The van der Waals surface area contributed by atoms with E-state index in [1.54, 1.807) is 26.0 Å². The Bertz CT molecular complexity index is 606. The number of benzene rings is 1. The van der Waals surface area contributed by atoms with E-state index in [4.69, 9.17) is 9.84 Å². The van der Waals surface area contributed by atoms with Gasteiger partial charge in [-0.2, -0.15) is 0 Å². The summed E-state index contributed by atoms with van der Waals surface area (Å²) in [7, 11) is 0. The zero-order valence-corrected chi connectivity index (χ0v) is 14.7. The van der Waals surface area contributed by atoms with Crippen LogP contribution in [0.25, 0.3) is 6.08 Å². The molecule has 0 radical (unpaired) electrons. The average Bonchev–Trinajstić information content (AvgIpc) is 2.56. The first-order valence-corrected chi connectivity index (χ1v) is 8.12. The summed E-state index contributed by atoms with van der Waals surface area (Å²) in [5, 5.41) is 18.4. The lowest BCUT2D eigenvalue weighted by atomic mass is 9.84. The normalized spacial score (nSPS) is 15.0. The van der Waals surface area contributed by atoms with Crippen LogP contribution in [0.4, 0.5) is 0 Å². The largest absolute Gasteiger partial charge is 0.481 e. The lowest BCUT2D eigenvalue weighted by molar-refractivity contribution is -0.159. The molecule has 0 saturated heterocycles. The van der Waals surface area contributed by atoms with E-state index in [1.165, 1.54) is 0 Å². The standard InChI is InChI=1S/C19H26O5/c1-5-17(21)24-18(14(4)19(22)23)13(3)16-9-8-12(2)11-15(16)7-6-10-20/h6-9,11,13-14,18,20H,5,10H2,1-4H3,(H,22,23)/b7-6+/t13-,14+,18+/m1/s1. The van der Waals surface area contributed by atoms with Gasteiger partial charge < -0.3 is 14.9 Å². The van der Waals surface area contributed by atoms with Gasteiger partial charge in [0.05, 0.1) is 12.5 Å². The summed E-state index contributed by atoms with van der Waals surface area (Å²) in [6, 6.07) is 5.81. The fourth-order valence-electron chi connectivity index (χ4n) is 2.62. The summed E-state index contributed by atoms with van der Waals surface area (Å²) in [5.74, 6) is -2.55. The van der Waals surface area contributed by atoms with Crippen LogP contribution in [0, 0.1) is 12.8 Å². The second-order valence-corrected chi connectivity index (χ2v) is 5.94. The fraction of sp³-hybridized carbons (Fsp3) is 0.474. The van der Waals surface area contributed by atoms with Crippen molar-refractivity contribution in [2.24, 2.45) is 5.92 Å². The summed E-state index contributed by atoms with van der Waals surface area (Å²) in [6.07, 6.45) is 2.85. The van der Waals surface area contributed by atoms with Crippen molar-refractivity contribution in [2.45, 2.75) is 46.1 Å². The van der Waals surface area contributed by atoms with Gasteiger partial charge in [0.1, 0.15) is 6.10 Å². The lowest BCUT2D eigenvalue weighted by Crippen LogP contribution is -2.35. The molecule has 0 aliphatic carbocycles. The number of carboxylic acid groups (broad SMARTS) is 1. The van der Waals surface area contributed by atoms with Gasteiger partial charge in [-0.05, 0) is 25.0 Å². The van der Waals surface area contributed by atoms with Crippen LogP contribution in [0.15, 0.2) is 24.3 Å². The first kappa shape index (κ1) is 19.9. The van der Waals surface area contributed by atoms with Crippen molar-refractivity contribution in [2.75, 3.05) is 6.61 Å². The van der Waals surface area contributed by atoms with Gasteiger partial charge in [0.2, 0.25) is 0 Å². The highest BCUT2D eigenvalue weighted by Gasteiger charge is 2.33. The Balaban J connectivity index is 3.26. The predicted octanol–water partition coefficient (Wildman–Crippen LogP) is 3.15. The maximum atomic E-state index is 11.7. The number of carbonyl (C=O) groups excluding carboxylic acids is 1. The van der Waals surface area contributed by atoms with Crippen molar-refractivity contribution in [1.29, 1.82) is 0 Å². The number of carbonyl (C=O) groups is 2. The van der Waals surface area contributed by atoms with E-state index in [1.807, 2.05) is 32.0 Å². The number of hydrogen-bond donors (Lipinski definition) is 2. The van der Waals surface area contributed by atoms with Crippen LogP contribution >= 0.6 is 0 Å². The van der Waals surface area contributed by atoms with Gasteiger partial charge in [-0.15, -0.1) is 0 Å². The van der Waals surface area contributed by atoms with Crippen molar-refractivity contribution in [3.8, 4) is 0 Å². The van der Waals surface area contributed by atoms with Crippen molar-refractivity contribution < 1.29 is 24.5 Å². The minimum Gasteiger partial charge on any atom is -0.481 e. The summed E-state index contributed by atoms with van der Waals surface area (Å²) in [5.41, 5.74) is 2.82. The van der Waals surface area contributed by atoms with Crippen molar-refractivity contribution in [3.63, 3.8) is 0 Å². The summed E-state index contributed by atoms with van der Waals surface area (Å²) in [4.78, 5) is 23.2. The maximum Gasteiger partial charge on any atom is 0.310 e. The molecule has 132 valence electrons. The molecule has 0 aliphatic heterocycles. The van der Waals surface area contributed by atoms with E-state index in [0.717, 1.165) is 16.7 Å². The van der Waals surface area contributed by atoms with Gasteiger partial charge in [0, 0.05) is 12.3 Å². The van der Waals surface area contributed by atoms with Crippen LogP contribution in [-0.2, 0) is 14.3 Å². The topological polar surface area (TPSA) is 83.8 Å². The molecule has 1 aromatic rings. The Morgan fingerprint density at radius 2 is 1.96 bits per heavy atom. The molecule has 0 bridgehead atoms. The smallest absolute Gasteiger partial charge is 0.310 e. The van der Waals surface area contributed by atoms with E-state index < -0.39 is 24.0 Å². The monoisotopic (exact) mass is 334 g/mol. The number of hydrogen-bond acceptors (Lipinski definition) is 4. The Kier molecular flexibility index (Phi) is 7.65. The molecule has 0 unspecified atom stereocenters. The van der Waals surface area contributed by atoms with Crippen LogP contribution < -0.4 is 0 Å². The maximum absolute atomic E-state index is 11.7. The molecular formula is C19H26O5. The van der Waals surface area contributed by atoms with Crippen LogP contribution in [0.3, 0.4) is 0 Å². The first-order chi connectivity index (χ1) is 11.3. The third-order valence-corrected chi connectivity index (χ3v) is 4.07. The Hall–Kier alpha value is -2.14. The van der Waals surface area contributed by atoms with E-state index in [-0.39, 0.29) is 18.9 Å². The first-order valence-electron chi connectivity index (χ1n) is 8.12. The molecule has 5 nitrogen and oxygen atoms in total. The minimum absolute atomic E-state index is 0.0818. The molecule has 1 rings (SSSR count). The summed E-state index contributed by atoms with van der Waals surface area (Å²) >= 11 is 0. The third-order valence-electron chi connectivity index (χ3n) is 4.07. The Morgan fingerprint density at radius 3 is 2.50 bits per heavy atom. The van der Waals surface area contributed by atoms with Gasteiger partial charge in [-0.25, -0.2) is 0 Å². The SMILES string of the molecule is CCC(=O)O[C@H]([C@H](C)C(=O)O)[C@H](C)c1ccc(C)cc1/C=C/CO. The van der Waals surface area contributed by atoms with Gasteiger partial charge in [0.15, 0.2) is 0 Å². The summed E-state index contributed by atoms with van der Waals surface area (Å²) in [6.45, 7) is 6.95. The molecule has 0 aromatic heterocycles. The molecule has 2 N–H and O–H groups in total. The Labute approximate surface area is 143 Å². The van der Waals surface area contributed by atoms with E-state index in [0.29, 0.717) is 0 Å². The van der Waals surface area contributed by atoms with E-state index >= 15 is 0 Å². The highest BCUT2D eigenvalue weighted by molar-refractivity contribution is 5.73. The molecule has 0 saturated carbocycles. The van der Waals surface area contributed by atoms with E-state index in [9.17, 15) is 14.7 Å². The predicted molar refractivity (Wildman–Crippen MR) is 92.7 cm³/mol. The van der Waals surface area contributed by atoms with Crippen LogP contribution in [-0.4, -0.2) is 34.9 Å².